The van der Waals surface area contributed by atoms with Crippen molar-refractivity contribution in [3.63, 3.8) is 0 Å². The van der Waals surface area contributed by atoms with Crippen LogP contribution in [0.15, 0.2) is 0 Å². The summed E-state index contributed by atoms with van der Waals surface area (Å²) in [5.74, 6) is 0. The van der Waals surface area contributed by atoms with Crippen LogP contribution in [-0.2, 0) is 0 Å². The van der Waals surface area contributed by atoms with Gasteiger partial charge in [0.05, 0.1) is 6.67 Å². The molecule has 0 spiro atoms. The molecule has 0 bridgehead atoms. The minimum atomic E-state index is 0.487. The molecule has 1 heterocycles. The summed E-state index contributed by atoms with van der Waals surface area (Å²) < 4.78 is 0. The van der Waals surface area contributed by atoms with E-state index >= 15 is 0 Å². The third kappa shape index (κ3) is 3.55. The summed E-state index contributed by atoms with van der Waals surface area (Å²) in [6, 6.07) is 0. The Hall–Kier alpha value is -0.0800. The van der Waals surface area contributed by atoms with Gasteiger partial charge in [-0.3, -0.25) is 9.80 Å². The van der Waals surface area contributed by atoms with Gasteiger partial charge in [-0.2, -0.15) is 0 Å². The molecule has 0 unspecified atom stereocenters. The van der Waals surface area contributed by atoms with Crippen LogP contribution in [-0.4, -0.2) is 43.2 Å². The highest BCUT2D eigenvalue weighted by molar-refractivity contribution is 4.71. The molecule has 1 saturated heterocycles. The predicted octanol–water partition coefficient (Wildman–Crippen LogP) is 1.63. The van der Waals surface area contributed by atoms with Gasteiger partial charge < -0.3 is 0 Å². The first kappa shape index (κ1) is 10.0. The highest BCUT2D eigenvalue weighted by Crippen LogP contribution is 2.19. The molecule has 0 aromatic carbocycles. The number of rotatable bonds is 2. The molecule has 72 valence electrons. The lowest BCUT2D eigenvalue weighted by Gasteiger charge is -2.22. The molecule has 2 heteroatoms. The van der Waals surface area contributed by atoms with Crippen molar-refractivity contribution in [1.29, 1.82) is 0 Å². The predicted molar refractivity (Wildman–Crippen MR) is 53.1 cm³/mol. The molecule has 12 heavy (non-hydrogen) atoms. The third-order valence-electron chi connectivity index (χ3n) is 2.42. The van der Waals surface area contributed by atoms with Crippen molar-refractivity contribution in [3.8, 4) is 0 Å². The first-order valence-corrected chi connectivity index (χ1v) is 4.88. The van der Waals surface area contributed by atoms with Gasteiger partial charge in [-0.1, -0.05) is 20.8 Å². The van der Waals surface area contributed by atoms with Crippen molar-refractivity contribution in [2.75, 3.05) is 33.4 Å². The van der Waals surface area contributed by atoms with E-state index in [4.69, 9.17) is 0 Å². The van der Waals surface area contributed by atoms with Crippen molar-refractivity contribution in [3.05, 3.63) is 0 Å². The monoisotopic (exact) mass is 170 g/mol. The molecule has 0 radical (unpaired) electrons. The maximum atomic E-state index is 2.53. The van der Waals surface area contributed by atoms with Crippen LogP contribution in [0.3, 0.4) is 0 Å². The van der Waals surface area contributed by atoms with Gasteiger partial charge in [0, 0.05) is 13.1 Å². The van der Waals surface area contributed by atoms with Crippen LogP contribution in [0.4, 0.5) is 0 Å². The molecule has 1 fully saturated rings. The molecule has 0 amide bonds. The number of hydrogen-bond donors (Lipinski definition) is 0. The fraction of sp³-hybridized carbons (Fsp3) is 1.00. The van der Waals surface area contributed by atoms with Crippen molar-refractivity contribution < 1.29 is 0 Å². The Bertz CT molecular complexity index is 137. The zero-order valence-corrected chi connectivity index (χ0v) is 8.93. The van der Waals surface area contributed by atoms with Crippen LogP contribution in [0.5, 0.6) is 0 Å². The van der Waals surface area contributed by atoms with Crippen molar-refractivity contribution in [2.45, 2.75) is 27.2 Å². The fourth-order valence-corrected chi connectivity index (χ4v) is 1.47. The smallest absolute Gasteiger partial charge is 0.0504 e. The molecule has 0 aromatic heterocycles. The Balaban J connectivity index is 2.16. The molecule has 0 aromatic rings. The van der Waals surface area contributed by atoms with E-state index in [-0.39, 0.29) is 0 Å². The summed E-state index contributed by atoms with van der Waals surface area (Å²) in [5.41, 5.74) is 0.487. The molecule has 0 N–H and O–H groups in total. The second-order valence-electron chi connectivity index (χ2n) is 5.15. The Labute approximate surface area is 76.5 Å². The van der Waals surface area contributed by atoms with Crippen molar-refractivity contribution in [2.24, 2.45) is 5.41 Å². The van der Waals surface area contributed by atoms with Gasteiger partial charge in [0.25, 0.3) is 0 Å². The molecule has 2 nitrogen and oxygen atoms in total. The van der Waals surface area contributed by atoms with E-state index in [0.29, 0.717) is 5.41 Å². The van der Waals surface area contributed by atoms with E-state index < -0.39 is 0 Å². The molecular weight excluding hydrogens is 148 g/mol. The molecule has 1 aliphatic rings. The zero-order chi connectivity index (χ0) is 9.19. The average molecular weight is 170 g/mol. The van der Waals surface area contributed by atoms with Gasteiger partial charge in [-0.05, 0) is 25.4 Å². The lowest BCUT2D eigenvalue weighted by Crippen LogP contribution is -2.26. The molecule has 0 atom stereocenters. The van der Waals surface area contributed by atoms with E-state index in [1.807, 2.05) is 0 Å². The largest absolute Gasteiger partial charge is 0.292 e. The van der Waals surface area contributed by atoms with Crippen LogP contribution in [0.1, 0.15) is 27.2 Å². The highest BCUT2D eigenvalue weighted by Gasteiger charge is 2.18. The molecule has 0 saturated carbocycles. The summed E-state index contributed by atoms with van der Waals surface area (Å²) >= 11 is 0. The molecule has 1 rings (SSSR count). The van der Waals surface area contributed by atoms with Gasteiger partial charge in [0.1, 0.15) is 0 Å². The van der Waals surface area contributed by atoms with E-state index in [0.717, 1.165) is 6.67 Å². The van der Waals surface area contributed by atoms with Crippen LogP contribution in [0.25, 0.3) is 0 Å². The van der Waals surface area contributed by atoms with E-state index in [9.17, 15) is 0 Å². The first-order chi connectivity index (χ1) is 5.47. The highest BCUT2D eigenvalue weighted by atomic mass is 15.4. The fourth-order valence-electron chi connectivity index (χ4n) is 1.47. The van der Waals surface area contributed by atoms with E-state index in [1.165, 1.54) is 26.1 Å². The minimum absolute atomic E-state index is 0.487. The third-order valence-corrected chi connectivity index (χ3v) is 2.42. The van der Waals surface area contributed by atoms with Crippen molar-refractivity contribution in [1.82, 2.24) is 9.80 Å². The van der Waals surface area contributed by atoms with Crippen LogP contribution in [0, 0.1) is 5.41 Å². The Morgan fingerprint density at radius 1 is 1.17 bits per heavy atom. The number of nitrogens with zero attached hydrogens (tertiary/aromatic N) is 2. The second kappa shape index (κ2) is 3.75. The molecule has 1 aliphatic heterocycles. The SMILES string of the molecule is CN1CCN(CCC(C)(C)C)C1. The summed E-state index contributed by atoms with van der Waals surface area (Å²) in [6.45, 7) is 11.9. The molecular formula is C10H22N2. The Morgan fingerprint density at radius 2 is 1.83 bits per heavy atom. The summed E-state index contributed by atoms with van der Waals surface area (Å²) in [4.78, 5) is 4.91. The van der Waals surface area contributed by atoms with Crippen LogP contribution < -0.4 is 0 Å². The summed E-state index contributed by atoms with van der Waals surface area (Å²) in [5, 5.41) is 0. The van der Waals surface area contributed by atoms with Crippen molar-refractivity contribution >= 4 is 0 Å². The maximum Gasteiger partial charge on any atom is 0.0504 e. The summed E-state index contributed by atoms with van der Waals surface area (Å²) in [7, 11) is 2.19. The zero-order valence-electron chi connectivity index (χ0n) is 8.93. The van der Waals surface area contributed by atoms with Crippen LogP contribution >= 0.6 is 0 Å². The Kier molecular flexibility index (Phi) is 3.13. The normalized spacial score (nSPS) is 22.0. The van der Waals surface area contributed by atoms with E-state index in [1.54, 1.807) is 0 Å². The van der Waals surface area contributed by atoms with Crippen LogP contribution in [0.2, 0.25) is 0 Å². The first-order valence-electron chi connectivity index (χ1n) is 4.88. The van der Waals surface area contributed by atoms with E-state index in [2.05, 4.69) is 37.6 Å². The topological polar surface area (TPSA) is 6.48 Å². The quantitative estimate of drug-likeness (QED) is 0.621. The average Bonchev–Trinajstić information content (AvgIpc) is 2.30. The summed E-state index contributed by atoms with van der Waals surface area (Å²) in [6.07, 6.45) is 1.31. The van der Waals surface area contributed by atoms with Gasteiger partial charge in [-0.15, -0.1) is 0 Å². The van der Waals surface area contributed by atoms with Gasteiger partial charge in [0.15, 0.2) is 0 Å². The number of hydrogen-bond acceptors (Lipinski definition) is 2. The lowest BCUT2D eigenvalue weighted by molar-refractivity contribution is 0.233. The molecule has 0 aliphatic carbocycles. The lowest BCUT2D eigenvalue weighted by atomic mass is 9.92. The number of likely N-dealkylation sites (N-methyl/N-ethyl adjacent to an activating group) is 1. The van der Waals surface area contributed by atoms with Gasteiger partial charge >= 0.3 is 0 Å². The minimum Gasteiger partial charge on any atom is -0.292 e. The van der Waals surface area contributed by atoms with Gasteiger partial charge in [0.2, 0.25) is 0 Å². The maximum absolute atomic E-state index is 2.53. The van der Waals surface area contributed by atoms with Gasteiger partial charge in [-0.25, -0.2) is 0 Å². The second-order valence-corrected chi connectivity index (χ2v) is 5.15. The standard InChI is InChI=1S/C10H22N2/c1-10(2,3)5-6-12-8-7-11(4)9-12/h5-9H2,1-4H3. The Morgan fingerprint density at radius 3 is 2.25 bits per heavy atom.